The standard InChI is InChI=1S/C19H13N3O2/c23-22(24)16-11-9-15(10-12-16)19-20-18(14-6-2-1-3-7-14)17-8-4-5-13-21(17)19/h1-13H. The lowest BCUT2D eigenvalue weighted by Crippen LogP contribution is -1.90. The number of fused-ring (bicyclic) bond motifs is 1. The lowest BCUT2D eigenvalue weighted by molar-refractivity contribution is -0.384. The van der Waals surface area contributed by atoms with Crippen molar-refractivity contribution in [2.45, 2.75) is 0 Å². The number of aromatic nitrogens is 2. The Kier molecular flexibility index (Phi) is 3.31. The number of hydrogen-bond donors (Lipinski definition) is 0. The fourth-order valence-corrected chi connectivity index (χ4v) is 2.78. The highest BCUT2D eigenvalue weighted by atomic mass is 16.6. The molecule has 24 heavy (non-hydrogen) atoms. The van der Waals surface area contributed by atoms with Crippen molar-refractivity contribution in [2.24, 2.45) is 0 Å². The van der Waals surface area contributed by atoms with E-state index in [2.05, 4.69) is 0 Å². The second-order valence-electron chi connectivity index (χ2n) is 5.41. The Labute approximate surface area is 138 Å². The molecule has 0 N–H and O–H groups in total. The van der Waals surface area contributed by atoms with E-state index in [1.165, 1.54) is 12.1 Å². The first-order valence-electron chi connectivity index (χ1n) is 7.51. The van der Waals surface area contributed by atoms with Gasteiger partial charge in [-0.15, -0.1) is 0 Å². The fraction of sp³-hybridized carbons (Fsp3) is 0. The van der Waals surface area contributed by atoms with Gasteiger partial charge in [0.2, 0.25) is 0 Å². The Bertz CT molecular complexity index is 1020. The highest BCUT2D eigenvalue weighted by molar-refractivity contribution is 5.81. The molecule has 0 aliphatic carbocycles. The third-order valence-electron chi connectivity index (χ3n) is 3.93. The van der Waals surface area contributed by atoms with Crippen LogP contribution in [0, 0.1) is 10.1 Å². The summed E-state index contributed by atoms with van der Waals surface area (Å²) in [4.78, 5) is 15.2. The molecule has 0 unspecified atom stereocenters. The first kappa shape index (κ1) is 14.1. The molecule has 0 fully saturated rings. The molecule has 0 spiro atoms. The minimum atomic E-state index is -0.400. The first-order valence-corrected chi connectivity index (χ1v) is 7.51. The van der Waals surface area contributed by atoms with Crippen molar-refractivity contribution in [2.75, 3.05) is 0 Å². The summed E-state index contributed by atoms with van der Waals surface area (Å²) < 4.78 is 2.00. The molecule has 5 heteroatoms. The van der Waals surface area contributed by atoms with E-state index < -0.39 is 4.92 Å². The van der Waals surface area contributed by atoms with Crippen molar-refractivity contribution in [1.82, 2.24) is 9.38 Å². The molecular weight excluding hydrogens is 302 g/mol. The average Bonchev–Trinajstić information content (AvgIpc) is 3.02. The summed E-state index contributed by atoms with van der Waals surface area (Å²) >= 11 is 0. The summed E-state index contributed by atoms with van der Waals surface area (Å²) in [6, 6.07) is 22.4. The molecule has 0 saturated heterocycles. The molecule has 2 aromatic carbocycles. The number of pyridine rings is 1. The molecule has 0 atom stereocenters. The molecule has 4 rings (SSSR count). The van der Waals surface area contributed by atoms with Crippen molar-refractivity contribution in [1.29, 1.82) is 0 Å². The van der Waals surface area contributed by atoms with E-state index >= 15 is 0 Å². The van der Waals surface area contributed by atoms with E-state index in [-0.39, 0.29) is 5.69 Å². The fourth-order valence-electron chi connectivity index (χ4n) is 2.78. The van der Waals surface area contributed by atoms with E-state index in [4.69, 9.17) is 4.98 Å². The molecule has 116 valence electrons. The normalized spacial score (nSPS) is 10.8. The van der Waals surface area contributed by atoms with E-state index in [1.54, 1.807) is 12.1 Å². The van der Waals surface area contributed by atoms with Gasteiger partial charge in [-0.1, -0.05) is 36.4 Å². The van der Waals surface area contributed by atoms with Gasteiger partial charge >= 0.3 is 0 Å². The van der Waals surface area contributed by atoms with Gasteiger partial charge in [-0.25, -0.2) is 4.98 Å². The maximum absolute atomic E-state index is 10.8. The van der Waals surface area contributed by atoms with E-state index in [0.29, 0.717) is 0 Å². The van der Waals surface area contributed by atoms with Crippen LogP contribution in [0.4, 0.5) is 5.69 Å². The largest absolute Gasteiger partial charge is 0.299 e. The Morgan fingerprint density at radius 3 is 2.25 bits per heavy atom. The molecule has 0 bridgehead atoms. The second kappa shape index (κ2) is 5.62. The Morgan fingerprint density at radius 2 is 1.54 bits per heavy atom. The number of nitrogens with zero attached hydrogens (tertiary/aromatic N) is 3. The molecule has 0 amide bonds. The van der Waals surface area contributed by atoms with Gasteiger partial charge in [0.05, 0.1) is 16.1 Å². The van der Waals surface area contributed by atoms with Gasteiger partial charge < -0.3 is 0 Å². The summed E-state index contributed by atoms with van der Waals surface area (Å²) in [5.74, 6) is 0.763. The predicted octanol–water partition coefficient (Wildman–Crippen LogP) is 4.58. The summed E-state index contributed by atoms with van der Waals surface area (Å²) in [6.07, 6.45) is 1.95. The summed E-state index contributed by atoms with van der Waals surface area (Å²) in [5, 5.41) is 10.8. The van der Waals surface area contributed by atoms with Crippen LogP contribution in [0.25, 0.3) is 28.2 Å². The third kappa shape index (κ3) is 2.32. The maximum Gasteiger partial charge on any atom is 0.269 e. The monoisotopic (exact) mass is 315 g/mol. The molecule has 2 aromatic heterocycles. The van der Waals surface area contributed by atoms with Crippen LogP contribution in [-0.2, 0) is 0 Å². The predicted molar refractivity (Wildman–Crippen MR) is 92.7 cm³/mol. The van der Waals surface area contributed by atoms with Crippen LogP contribution in [0.5, 0.6) is 0 Å². The van der Waals surface area contributed by atoms with Gasteiger partial charge in [-0.2, -0.15) is 0 Å². The van der Waals surface area contributed by atoms with Crippen molar-refractivity contribution in [3.63, 3.8) is 0 Å². The molecule has 4 aromatic rings. The number of benzene rings is 2. The highest BCUT2D eigenvalue weighted by Crippen LogP contribution is 2.30. The smallest absolute Gasteiger partial charge is 0.269 e. The molecule has 0 saturated carbocycles. The second-order valence-corrected chi connectivity index (χ2v) is 5.41. The van der Waals surface area contributed by atoms with Crippen molar-refractivity contribution < 1.29 is 4.92 Å². The highest BCUT2D eigenvalue weighted by Gasteiger charge is 2.14. The Balaban J connectivity index is 1.92. The number of nitro groups is 1. The number of rotatable bonds is 3. The third-order valence-corrected chi connectivity index (χ3v) is 3.93. The quantitative estimate of drug-likeness (QED) is 0.411. The van der Waals surface area contributed by atoms with Crippen LogP contribution in [0.15, 0.2) is 79.0 Å². The number of nitro benzene ring substituents is 1. The van der Waals surface area contributed by atoms with E-state index in [9.17, 15) is 10.1 Å². The maximum atomic E-state index is 10.8. The zero-order valence-electron chi connectivity index (χ0n) is 12.7. The van der Waals surface area contributed by atoms with E-state index in [0.717, 1.165) is 28.2 Å². The molecule has 0 radical (unpaired) electrons. The SMILES string of the molecule is O=[N+]([O-])c1ccc(-c2nc(-c3ccccc3)c3ccccn23)cc1. The van der Waals surface area contributed by atoms with Crippen LogP contribution in [0.2, 0.25) is 0 Å². The number of hydrogen-bond acceptors (Lipinski definition) is 3. The summed E-state index contributed by atoms with van der Waals surface area (Å²) in [7, 11) is 0. The van der Waals surface area contributed by atoms with Gasteiger partial charge in [-0.3, -0.25) is 14.5 Å². The van der Waals surface area contributed by atoms with Crippen molar-refractivity contribution >= 4 is 11.2 Å². The van der Waals surface area contributed by atoms with Crippen molar-refractivity contribution in [3.8, 4) is 22.6 Å². The lowest BCUT2D eigenvalue weighted by Gasteiger charge is -2.00. The van der Waals surface area contributed by atoms with Gasteiger partial charge in [0, 0.05) is 29.5 Å². The van der Waals surface area contributed by atoms with Crippen LogP contribution in [-0.4, -0.2) is 14.3 Å². The summed E-state index contributed by atoms with van der Waals surface area (Å²) in [6.45, 7) is 0. The molecule has 5 nitrogen and oxygen atoms in total. The van der Waals surface area contributed by atoms with Crippen LogP contribution in [0.1, 0.15) is 0 Å². The zero-order chi connectivity index (χ0) is 16.5. The number of imidazole rings is 1. The van der Waals surface area contributed by atoms with E-state index in [1.807, 2.05) is 59.1 Å². The molecule has 0 aliphatic rings. The Hall–Kier alpha value is -3.47. The topological polar surface area (TPSA) is 60.4 Å². The molecule has 2 heterocycles. The lowest BCUT2D eigenvalue weighted by atomic mass is 10.1. The minimum absolute atomic E-state index is 0.0721. The average molecular weight is 315 g/mol. The van der Waals surface area contributed by atoms with Gasteiger partial charge in [0.25, 0.3) is 5.69 Å². The zero-order valence-corrected chi connectivity index (χ0v) is 12.7. The molecular formula is C19H13N3O2. The summed E-state index contributed by atoms with van der Waals surface area (Å²) in [5.41, 5.74) is 3.84. The van der Waals surface area contributed by atoms with Crippen molar-refractivity contribution in [3.05, 3.63) is 89.1 Å². The van der Waals surface area contributed by atoms with Crippen LogP contribution in [0.3, 0.4) is 0 Å². The number of non-ortho nitro benzene ring substituents is 1. The first-order chi connectivity index (χ1) is 11.7. The van der Waals surface area contributed by atoms with Gasteiger partial charge in [0.15, 0.2) is 0 Å². The minimum Gasteiger partial charge on any atom is -0.299 e. The van der Waals surface area contributed by atoms with Gasteiger partial charge in [-0.05, 0) is 24.3 Å². The van der Waals surface area contributed by atoms with Gasteiger partial charge in [0.1, 0.15) is 5.82 Å². The Morgan fingerprint density at radius 1 is 0.833 bits per heavy atom. The van der Waals surface area contributed by atoms with Crippen LogP contribution < -0.4 is 0 Å². The van der Waals surface area contributed by atoms with Crippen LogP contribution >= 0.6 is 0 Å². The molecule has 0 aliphatic heterocycles.